The number of carbonyl (C=O) groups excluding carboxylic acids is 1. The van der Waals surface area contributed by atoms with Crippen molar-refractivity contribution >= 4 is 17.4 Å². The summed E-state index contributed by atoms with van der Waals surface area (Å²) in [4.78, 5) is 16.3. The molecule has 0 aromatic carbocycles. The minimum absolute atomic E-state index is 0.0383. The highest BCUT2D eigenvalue weighted by Gasteiger charge is 2.14. The van der Waals surface area contributed by atoms with E-state index < -0.39 is 0 Å². The molecule has 100 valence electrons. The molecule has 0 spiro atoms. The third-order valence-electron chi connectivity index (χ3n) is 2.83. The van der Waals surface area contributed by atoms with Crippen LogP contribution in [0.2, 0.25) is 0 Å². The van der Waals surface area contributed by atoms with Gasteiger partial charge < -0.3 is 5.32 Å². The van der Waals surface area contributed by atoms with Gasteiger partial charge in [-0.2, -0.15) is 9.61 Å². The molecular formula is C14H18N4O. The standard InChI is InChI=1S/C14H18N4O/c1-9(2)7-10(3)14(19)16-12-5-6-15-13-8-11(4)17-18(12)13/h5-6,8,10H,1,7H2,2-4H3,(H,16,19). The van der Waals surface area contributed by atoms with Crippen LogP contribution < -0.4 is 5.32 Å². The molecule has 0 saturated carbocycles. The number of aromatic nitrogens is 3. The van der Waals surface area contributed by atoms with E-state index in [2.05, 4.69) is 22.0 Å². The number of aryl methyl sites for hydroxylation is 1. The van der Waals surface area contributed by atoms with E-state index >= 15 is 0 Å². The largest absolute Gasteiger partial charge is 0.310 e. The molecule has 19 heavy (non-hydrogen) atoms. The van der Waals surface area contributed by atoms with E-state index in [-0.39, 0.29) is 11.8 Å². The van der Waals surface area contributed by atoms with Crippen LogP contribution in [0, 0.1) is 12.8 Å². The van der Waals surface area contributed by atoms with Gasteiger partial charge in [0, 0.05) is 18.2 Å². The monoisotopic (exact) mass is 258 g/mol. The molecule has 0 aliphatic heterocycles. The number of fused-ring (bicyclic) bond motifs is 1. The Kier molecular flexibility index (Phi) is 3.64. The zero-order chi connectivity index (χ0) is 14.0. The number of carbonyl (C=O) groups is 1. The van der Waals surface area contributed by atoms with Crippen LogP contribution in [0.3, 0.4) is 0 Å². The van der Waals surface area contributed by atoms with Gasteiger partial charge in [0.2, 0.25) is 5.91 Å². The first-order valence-corrected chi connectivity index (χ1v) is 6.24. The van der Waals surface area contributed by atoms with Crippen molar-refractivity contribution in [1.82, 2.24) is 14.6 Å². The lowest BCUT2D eigenvalue weighted by Crippen LogP contribution is -2.22. The second-order valence-corrected chi connectivity index (χ2v) is 4.94. The molecule has 0 radical (unpaired) electrons. The molecule has 2 aromatic heterocycles. The molecule has 2 heterocycles. The van der Waals surface area contributed by atoms with Crippen molar-refractivity contribution in [3.05, 3.63) is 36.2 Å². The Morgan fingerprint density at radius 2 is 2.32 bits per heavy atom. The molecule has 0 aliphatic rings. The van der Waals surface area contributed by atoms with E-state index in [4.69, 9.17) is 0 Å². The maximum Gasteiger partial charge on any atom is 0.228 e. The molecular weight excluding hydrogens is 240 g/mol. The fourth-order valence-electron chi connectivity index (χ4n) is 1.97. The average molecular weight is 258 g/mol. The Morgan fingerprint density at radius 1 is 1.58 bits per heavy atom. The van der Waals surface area contributed by atoms with Crippen LogP contribution in [-0.4, -0.2) is 20.5 Å². The highest BCUT2D eigenvalue weighted by molar-refractivity contribution is 5.91. The highest BCUT2D eigenvalue weighted by atomic mass is 16.1. The Bertz CT molecular complexity index is 629. The summed E-state index contributed by atoms with van der Waals surface area (Å²) in [7, 11) is 0. The Labute approximate surface area is 112 Å². The third kappa shape index (κ3) is 2.99. The van der Waals surface area contributed by atoms with Crippen LogP contribution in [0.25, 0.3) is 5.65 Å². The third-order valence-corrected chi connectivity index (χ3v) is 2.83. The van der Waals surface area contributed by atoms with Gasteiger partial charge in [-0.25, -0.2) is 4.98 Å². The summed E-state index contributed by atoms with van der Waals surface area (Å²) < 4.78 is 1.64. The first-order chi connectivity index (χ1) is 8.97. The number of hydrogen-bond acceptors (Lipinski definition) is 3. The molecule has 1 N–H and O–H groups in total. The summed E-state index contributed by atoms with van der Waals surface area (Å²) >= 11 is 0. The number of rotatable bonds is 4. The molecule has 2 rings (SSSR count). The summed E-state index contributed by atoms with van der Waals surface area (Å²) in [6.07, 6.45) is 2.34. The molecule has 5 heteroatoms. The van der Waals surface area contributed by atoms with Gasteiger partial charge >= 0.3 is 0 Å². The van der Waals surface area contributed by atoms with Crippen molar-refractivity contribution < 1.29 is 4.79 Å². The maximum absolute atomic E-state index is 12.1. The van der Waals surface area contributed by atoms with E-state index in [0.717, 1.165) is 16.9 Å². The van der Waals surface area contributed by atoms with Crippen molar-refractivity contribution in [2.75, 3.05) is 5.32 Å². The van der Waals surface area contributed by atoms with Gasteiger partial charge in [0.15, 0.2) is 5.65 Å². The van der Waals surface area contributed by atoms with E-state index in [0.29, 0.717) is 12.2 Å². The number of allylic oxidation sites excluding steroid dienone is 1. The van der Waals surface area contributed by atoms with Crippen molar-refractivity contribution in [3.63, 3.8) is 0 Å². The van der Waals surface area contributed by atoms with Gasteiger partial charge in [-0.15, -0.1) is 6.58 Å². The summed E-state index contributed by atoms with van der Waals surface area (Å²) in [5.41, 5.74) is 2.59. The molecule has 0 fully saturated rings. The zero-order valence-corrected chi connectivity index (χ0v) is 11.5. The van der Waals surface area contributed by atoms with Gasteiger partial charge in [0.05, 0.1) is 5.69 Å². The predicted octanol–water partition coefficient (Wildman–Crippen LogP) is 2.58. The lowest BCUT2D eigenvalue weighted by Gasteiger charge is -2.12. The number of nitrogens with one attached hydrogen (secondary N) is 1. The number of hydrogen-bond donors (Lipinski definition) is 1. The summed E-state index contributed by atoms with van der Waals surface area (Å²) in [5.74, 6) is 0.484. The van der Waals surface area contributed by atoms with Crippen molar-refractivity contribution in [2.24, 2.45) is 5.92 Å². The van der Waals surface area contributed by atoms with Crippen LogP contribution in [-0.2, 0) is 4.79 Å². The van der Waals surface area contributed by atoms with Crippen molar-refractivity contribution in [3.8, 4) is 0 Å². The first kappa shape index (κ1) is 13.3. The molecule has 0 saturated heterocycles. The summed E-state index contributed by atoms with van der Waals surface area (Å²) in [6.45, 7) is 9.53. The normalized spacial score (nSPS) is 12.4. The topological polar surface area (TPSA) is 59.3 Å². The summed E-state index contributed by atoms with van der Waals surface area (Å²) in [5, 5.41) is 7.19. The SMILES string of the molecule is C=C(C)CC(C)C(=O)Nc1ccnc2cc(C)nn12. The summed E-state index contributed by atoms with van der Waals surface area (Å²) in [6, 6.07) is 3.61. The Balaban J connectivity index is 2.21. The van der Waals surface area contributed by atoms with Crippen LogP contribution >= 0.6 is 0 Å². The Morgan fingerprint density at radius 3 is 3.00 bits per heavy atom. The second-order valence-electron chi connectivity index (χ2n) is 4.94. The van der Waals surface area contributed by atoms with E-state index in [1.54, 1.807) is 16.8 Å². The molecule has 5 nitrogen and oxygen atoms in total. The zero-order valence-electron chi connectivity index (χ0n) is 11.5. The van der Waals surface area contributed by atoms with E-state index in [1.165, 1.54) is 0 Å². The van der Waals surface area contributed by atoms with Gasteiger partial charge in [0.1, 0.15) is 5.82 Å². The molecule has 0 aliphatic carbocycles. The lowest BCUT2D eigenvalue weighted by molar-refractivity contribution is -0.119. The fourth-order valence-corrected chi connectivity index (χ4v) is 1.97. The smallest absolute Gasteiger partial charge is 0.228 e. The molecule has 0 bridgehead atoms. The van der Waals surface area contributed by atoms with Crippen LogP contribution in [0.4, 0.5) is 5.82 Å². The minimum Gasteiger partial charge on any atom is -0.310 e. The predicted molar refractivity (Wildman–Crippen MR) is 74.9 cm³/mol. The number of amides is 1. The molecule has 1 unspecified atom stereocenters. The Hall–Kier alpha value is -2.17. The molecule has 1 atom stereocenters. The fraction of sp³-hybridized carbons (Fsp3) is 0.357. The van der Waals surface area contributed by atoms with Crippen molar-refractivity contribution in [1.29, 1.82) is 0 Å². The van der Waals surface area contributed by atoms with Crippen LogP contribution in [0.15, 0.2) is 30.5 Å². The van der Waals surface area contributed by atoms with Gasteiger partial charge in [-0.3, -0.25) is 4.79 Å². The van der Waals surface area contributed by atoms with Gasteiger partial charge in [-0.1, -0.05) is 12.5 Å². The highest BCUT2D eigenvalue weighted by Crippen LogP contribution is 2.14. The second kappa shape index (κ2) is 5.22. The number of nitrogens with zero attached hydrogens (tertiary/aromatic N) is 3. The molecule has 2 aromatic rings. The van der Waals surface area contributed by atoms with E-state index in [9.17, 15) is 4.79 Å². The van der Waals surface area contributed by atoms with Crippen LogP contribution in [0.1, 0.15) is 26.0 Å². The lowest BCUT2D eigenvalue weighted by atomic mass is 10.0. The number of anilines is 1. The minimum atomic E-state index is -0.114. The maximum atomic E-state index is 12.1. The average Bonchev–Trinajstić information content (AvgIpc) is 2.69. The van der Waals surface area contributed by atoms with Crippen LogP contribution in [0.5, 0.6) is 0 Å². The van der Waals surface area contributed by atoms with Gasteiger partial charge in [0.25, 0.3) is 0 Å². The first-order valence-electron chi connectivity index (χ1n) is 6.24. The molecule has 1 amide bonds. The quantitative estimate of drug-likeness (QED) is 0.857. The van der Waals surface area contributed by atoms with E-state index in [1.807, 2.05) is 26.8 Å². The van der Waals surface area contributed by atoms with Crippen molar-refractivity contribution in [2.45, 2.75) is 27.2 Å². The van der Waals surface area contributed by atoms with Gasteiger partial charge in [-0.05, 0) is 26.3 Å².